The third kappa shape index (κ3) is 2.33. The molecule has 0 bridgehead atoms. The number of nitrogens with one attached hydrogen (secondary N) is 1. The molecule has 0 radical (unpaired) electrons. The molecular formula is C14H13N5OS. The van der Waals surface area contributed by atoms with E-state index in [-0.39, 0.29) is 5.56 Å². The van der Waals surface area contributed by atoms with Crippen molar-refractivity contribution in [2.24, 2.45) is 0 Å². The summed E-state index contributed by atoms with van der Waals surface area (Å²) in [5.41, 5.74) is 1.03. The Kier molecular flexibility index (Phi) is 2.99. The summed E-state index contributed by atoms with van der Waals surface area (Å²) in [6, 6.07) is 8.11. The molecule has 1 saturated carbocycles. The van der Waals surface area contributed by atoms with E-state index in [1.54, 1.807) is 18.0 Å². The number of aromatic amines is 1. The van der Waals surface area contributed by atoms with Crippen LogP contribution in [0.2, 0.25) is 0 Å². The molecule has 1 fully saturated rings. The Bertz CT molecular complexity index is 852. The summed E-state index contributed by atoms with van der Waals surface area (Å²) in [5.74, 6) is 0.727. The van der Waals surface area contributed by atoms with Crippen LogP contribution in [0.3, 0.4) is 0 Å². The zero-order chi connectivity index (χ0) is 14.2. The Hall–Kier alpha value is -2.15. The van der Waals surface area contributed by atoms with Crippen molar-refractivity contribution in [2.45, 2.75) is 29.8 Å². The van der Waals surface area contributed by atoms with Crippen molar-refractivity contribution in [3.8, 4) is 0 Å². The third-order valence-corrected chi connectivity index (χ3v) is 4.59. The average Bonchev–Trinajstić information content (AvgIpc) is 3.26. The molecule has 1 N–H and O–H groups in total. The molecule has 0 aliphatic heterocycles. The molecule has 2 heterocycles. The van der Waals surface area contributed by atoms with Crippen LogP contribution in [0.1, 0.15) is 24.4 Å². The lowest BCUT2D eigenvalue weighted by Crippen LogP contribution is -2.06. The van der Waals surface area contributed by atoms with Crippen molar-refractivity contribution < 1.29 is 0 Å². The maximum atomic E-state index is 11.8. The highest BCUT2D eigenvalue weighted by Crippen LogP contribution is 2.37. The second-order valence-electron chi connectivity index (χ2n) is 5.11. The normalized spacial score (nSPS) is 14.7. The number of rotatable bonds is 4. The number of H-pyrrole nitrogens is 1. The van der Waals surface area contributed by atoms with Crippen molar-refractivity contribution in [2.75, 3.05) is 0 Å². The molecule has 2 aromatic heterocycles. The first-order valence-electron chi connectivity index (χ1n) is 6.83. The molecule has 0 atom stereocenters. The van der Waals surface area contributed by atoms with Gasteiger partial charge in [0, 0.05) is 17.3 Å². The van der Waals surface area contributed by atoms with Crippen molar-refractivity contribution in [3.05, 3.63) is 46.4 Å². The minimum atomic E-state index is -0.0536. The fourth-order valence-electron chi connectivity index (χ4n) is 2.36. The van der Waals surface area contributed by atoms with E-state index in [1.165, 1.54) is 0 Å². The summed E-state index contributed by atoms with van der Waals surface area (Å²) in [6.07, 6.45) is 4.09. The predicted molar refractivity (Wildman–Crippen MR) is 80.2 cm³/mol. The van der Waals surface area contributed by atoms with Gasteiger partial charge in [0.25, 0.3) is 5.56 Å². The van der Waals surface area contributed by atoms with Gasteiger partial charge in [-0.2, -0.15) is 0 Å². The Morgan fingerprint density at radius 2 is 2.10 bits per heavy atom. The number of nitrogens with zero attached hydrogens (tertiary/aromatic N) is 4. The van der Waals surface area contributed by atoms with E-state index >= 15 is 0 Å². The van der Waals surface area contributed by atoms with Crippen molar-refractivity contribution in [1.82, 2.24) is 25.2 Å². The van der Waals surface area contributed by atoms with Gasteiger partial charge in [0.2, 0.25) is 5.16 Å². The number of thioether (sulfide) groups is 1. The highest BCUT2D eigenvalue weighted by atomic mass is 32.2. The Balaban J connectivity index is 1.64. The van der Waals surface area contributed by atoms with E-state index in [0.717, 1.165) is 40.1 Å². The second-order valence-corrected chi connectivity index (χ2v) is 6.06. The van der Waals surface area contributed by atoms with Gasteiger partial charge in [-0.15, -0.1) is 5.10 Å². The summed E-state index contributed by atoms with van der Waals surface area (Å²) in [7, 11) is 0. The summed E-state index contributed by atoms with van der Waals surface area (Å²) < 4.78 is 1.90. The van der Waals surface area contributed by atoms with E-state index in [0.29, 0.717) is 6.04 Å². The SMILES string of the molecule is O=c1[nH]cc(CSc2nnnn2C2CC2)c2ccccc12. The monoisotopic (exact) mass is 299 g/mol. The van der Waals surface area contributed by atoms with Crippen molar-refractivity contribution >= 4 is 22.5 Å². The van der Waals surface area contributed by atoms with E-state index in [4.69, 9.17) is 0 Å². The Morgan fingerprint density at radius 3 is 2.90 bits per heavy atom. The van der Waals surface area contributed by atoms with Gasteiger partial charge in [0.15, 0.2) is 0 Å². The standard InChI is InChI=1S/C14H13N5OS/c20-13-12-4-2-1-3-11(12)9(7-15-13)8-21-14-16-17-18-19(14)10-5-6-10/h1-4,7,10H,5-6,8H2,(H,15,20). The first-order chi connectivity index (χ1) is 10.3. The molecule has 1 aliphatic carbocycles. The molecule has 21 heavy (non-hydrogen) atoms. The van der Waals surface area contributed by atoms with Gasteiger partial charge in [-0.1, -0.05) is 30.0 Å². The van der Waals surface area contributed by atoms with Crippen molar-refractivity contribution in [1.29, 1.82) is 0 Å². The molecule has 3 aromatic rings. The Labute approximate surface area is 124 Å². The molecule has 7 heteroatoms. The van der Waals surface area contributed by atoms with Crippen LogP contribution < -0.4 is 5.56 Å². The number of aromatic nitrogens is 5. The fraction of sp³-hybridized carbons (Fsp3) is 0.286. The number of tetrazole rings is 1. The highest BCUT2D eigenvalue weighted by Gasteiger charge is 2.27. The molecule has 106 valence electrons. The molecule has 0 saturated heterocycles. The van der Waals surface area contributed by atoms with Gasteiger partial charge in [-0.05, 0) is 40.3 Å². The summed E-state index contributed by atoms with van der Waals surface area (Å²) >= 11 is 1.60. The van der Waals surface area contributed by atoms with Gasteiger partial charge in [-0.3, -0.25) is 4.79 Å². The van der Waals surface area contributed by atoms with Crippen LogP contribution in [0.4, 0.5) is 0 Å². The number of benzene rings is 1. The highest BCUT2D eigenvalue weighted by molar-refractivity contribution is 7.98. The van der Waals surface area contributed by atoms with Crippen LogP contribution in [-0.4, -0.2) is 25.2 Å². The van der Waals surface area contributed by atoms with Gasteiger partial charge < -0.3 is 4.98 Å². The topological polar surface area (TPSA) is 76.5 Å². The summed E-state index contributed by atoms with van der Waals surface area (Å²) in [6.45, 7) is 0. The number of fused-ring (bicyclic) bond motifs is 1. The van der Waals surface area contributed by atoms with E-state index < -0.39 is 0 Å². The van der Waals surface area contributed by atoms with E-state index in [1.807, 2.05) is 28.9 Å². The van der Waals surface area contributed by atoms with Crippen molar-refractivity contribution in [3.63, 3.8) is 0 Å². The number of hydrogen-bond donors (Lipinski definition) is 1. The van der Waals surface area contributed by atoms with E-state index in [9.17, 15) is 4.79 Å². The molecule has 0 unspecified atom stereocenters. The molecule has 6 nitrogen and oxygen atoms in total. The minimum Gasteiger partial charge on any atom is -0.328 e. The van der Waals surface area contributed by atoms with Gasteiger partial charge >= 0.3 is 0 Å². The smallest absolute Gasteiger partial charge is 0.255 e. The zero-order valence-electron chi connectivity index (χ0n) is 11.2. The third-order valence-electron chi connectivity index (χ3n) is 3.61. The second kappa shape index (κ2) is 5.00. The van der Waals surface area contributed by atoms with Crippen LogP contribution >= 0.6 is 11.8 Å². The molecular weight excluding hydrogens is 286 g/mol. The quantitative estimate of drug-likeness (QED) is 0.747. The number of pyridine rings is 1. The van der Waals surface area contributed by atoms with Crippen LogP contribution in [-0.2, 0) is 5.75 Å². The first-order valence-corrected chi connectivity index (χ1v) is 7.81. The van der Waals surface area contributed by atoms with Gasteiger partial charge in [0.1, 0.15) is 0 Å². The van der Waals surface area contributed by atoms with Crippen LogP contribution in [0.5, 0.6) is 0 Å². The fourth-order valence-corrected chi connectivity index (χ4v) is 3.30. The van der Waals surface area contributed by atoms with Gasteiger partial charge in [-0.25, -0.2) is 4.68 Å². The average molecular weight is 299 g/mol. The number of hydrogen-bond acceptors (Lipinski definition) is 5. The predicted octanol–water partition coefficient (Wildman–Crippen LogP) is 2.14. The molecule has 4 rings (SSSR count). The van der Waals surface area contributed by atoms with Crippen LogP contribution in [0.15, 0.2) is 40.4 Å². The first kappa shape index (κ1) is 12.6. The van der Waals surface area contributed by atoms with Crippen LogP contribution in [0, 0.1) is 0 Å². The molecule has 1 aromatic carbocycles. The summed E-state index contributed by atoms with van der Waals surface area (Å²) in [4.78, 5) is 14.6. The lowest BCUT2D eigenvalue weighted by atomic mass is 10.1. The molecule has 0 spiro atoms. The van der Waals surface area contributed by atoms with Crippen LogP contribution in [0.25, 0.3) is 10.8 Å². The largest absolute Gasteiger partial charge is 0.328 e. The maximum absolute atomic E-state index is 11.8. The zero-order valence-corrected chi connectivity index (χ0v) is 12.0. The van der Waals surface area contributed by atoms with E-state index in [2.05, 4.69) is 20.5 Å². The summed E-state index contributed by atoms with van der Waals surface area (Å²) in [5, 5.41) is 14.4. The van der Waals surface area contributed by atoms with Gasteiger partial charge in [0.05, 0.1) is 6.04 Å². The Morgan fingerprint density at radius 1 is 1.29 bits per heavy atom. The lowest BCUT2D eigenvalue weighted by molar-refractivity contribution is 0.565. The molecule has 0 amide bonds. The maximum Gasteiger partial charge on any atom is 0.255 e. The molecule has 1 aliphatic rings. The minimum absolute atomic E-state index is 0.0536. The lowest BCUT2D eigenvalue weighted by Gasteiger charge is -2.06.